The smallest absolute Gasteiger partial charge is 0.334 e. The fraction of sp³-hybridized carbons (Fsp3) is 0.450. The van der Waals surface area contributed by atoms with Crippen molar-refractivity contribution in [2.45, 2.75) is 52.2 Å². The lowest BCUT2D eigenvalue weighted by molar-refractivity contribution is -0.158. The topological polar surface area (TPSA) is 35.5 Å². The number of benzene rings is 2. The van der Waals surface area contributed by atoms with Gasteiger partial charge in [-0.3, -0.25) is 0 Å². The Balaban J connectivity index is 1.78. The zero-order valence-electron chi connectivity index (χ0n) is 14.2. The number of hydrogen-bond acceptors (Lipinski definition) is 3. The number of hydrogen-bond donors (Lipinski definition) is 0. The maximum absolute atomic E-state index is 11.6. The Morgan fingerprint density at radius 1 is 1.09 bits per heavy atom. The predicted molar refractivity (Wildman–Crippen MR) is 93.5 cm³/mol. The van der Waals surface area contributed by atoms with Gasteiger partial charge in [0.15, 0.2) is 6.10 Å². The molecular weight excluding hydrogens is 288 g/mol. The first-order valence-corrected chi connectivity index (χ1v) is 8.40. The zero-order chi connectivity index (χ0) is 16.7. The third kappa shape index (κ3) is 5.36. The molecule has 23 heavy (non-hydrogen) atoms. The highest BCUT2D eigenvalue weighted by Gasteiger charge is 2.17. The highest BCUT2D eigenvalue weighted by molar-refractivity contribution is 5.82. The third-order valence-corrected chi connectivity index (χ3v) is 3.94. The lowest BCUT2D eigenvalue weighted by Crippen LogP contribution is -2.27. The Morgan fingerprint density at radius 2 is 1.83 bits per heavy atom. The fourth-order valence-electron chi connectivity index (χ4n) is 2.72. The minimum atomic E-state index is -0.495. The minimum Gasteiger partial charge on any atom is -0.464 e. The molecule has 2 unspecified atom stereocenters. The van der Waals surface area contributed by atoms with Crippen molar-refractivity contribution in [1.82, 2.24) is 0 Å². The van der Waals surface area contributed by atoms with E-state index in [0.717, 1.165) is 19.3 Å². The number of carbonyl (C=O) groups excluding carboxylic acids is 1. The van der Waals surface area contributed by atoms with Crippen molar-refractivity contribution in [2.24, 2.45) is 0 Å². The van der Waals surface area contributed by atoms with E-state index >= 15 is 0 Å². The van der Waals surface area contributed by atoms with Crippen LogP contribution in [-0.4, -0.2) is 24.8 Å². The van der Waals surface area contributed by atoms with Crippen LogP contribution in [0.25, 0.3) is 10.8 Å². The molecule has 0 N–H and O–H groups in total. The molecular formula is C20H26O3. The normalized spacial score (nSPS) is 13.7. The lowest BCUT2D eigenvalue weighted by atomic mass is 10.0. The SMILES string of the molecule is CCOC(=O)C(C)OC(C)CCCc1ccc2ccccc2c1. The Morgan fingerprint density at radius 3 is 2.57 bits per heavy atom. The fourth-order valence-corrected chi connectivity index (χ4v) is 2.72. The molecule has 0 fully saturated rings. The number of ether oxygens (including phenoxy) is 2. The minimum absolute atomic E-state index is 0.0508. The maximum Gasteiger partial charge on any atom is 0.334 e. The van der Waals surface area contributed by atoms with Gasteiger partial charge in [0.2, 0.25) is 0 Å². The van der Waals surface area contributed by atoms with Crippen molar-refractivity contribution in [3.8, 4) is 0 Å². The van der Waals surface area contributed by atoms with E-state index in [-0.39, 0.29) is 12.1 Å². The van der Waals surface area contributed by atoms with Gasteiger partial charge in [-0.05, 0) is 56.4 Å². The van der Waals surface area contributed by atoms with E-state index < -0.39 is 6.10 Å². The summed E-state index contributed by atoms with van der Waals surface area (Å²) in [6.45, 7) is 5.95. The van der Waals surface area contributed by atoms with Crippen LogP contribution >= 0.6 is 0 Å². The van der Waals surface area contributed by atoms with Crippen molar-refractivity contribution in [1.29, 1.82) is 0 Å². The average molecular weight is 314 g/mol. The van der Waals surface area contributed by atoms with Crippen molar-refractivity contribution < 1.29 is 14.3 Å². The highest BCUT2D eigenvalue weighted by Crippen LogP contribution is 2.17. The Hall–Kier alpha value is -1.87. The van der Waals surface area contributed by atoms with Gasteiger partial charge in [-0.15, -0.1) is 0 Å². The van der Waals surface area contributed by atoms with E-state index in [4.69, 9.17) is 9.47 Å². The number of rotatable bonds is 8. The van der Waals surface area contributed by atoms with Gasteiger partial charge in [0.1, 0.15) is 0 Å². The number of aryl methyl sites for hydroxylation is 1. The average Bonchev–Trinajstić information content (AvgIpc) is 2.55. The van der Waals surface area contributed by atoms with Crippen molar-refractivity contribution in [3.63, 3.8) is 0 Å². The van der Waals surface area contributed by atoms with Crippen molar-refractivity contribution >= 4 is 16.7 Å². The van der Waals surface area contributed by atoms with Crippen LogP contribution < -0.4 is 0 Å². The summed E-state index contributed by atoms with van der Waals surface area (Å²) < 4.78 is 10.7. The second-order valence-corrected chi connectivity index (χ2v) is 5.91. The number of esters is 1. The molecule has 124 valence electrons. The Labute approximate surface area is 138 Å². The first-order valence-electron chi connectivity index (χ1n) is 8.40. The monoisotopic (exact) mass is 314 g/mol. The Kier molecular flexibility index (Phi) is 6.60. The predicted octanol–water partition coefficient (Wildman–Crippen LogP) is 4.52. The van der Waals surface area contributed by atoms with Crippen LogP contribution in [0.15, 0.2) is 42.5 Å². The van der Waals surface area contributed by atoms with Gasteiger partial charge in [0.05, 0.1) is 12.7 Å². The molecule has 0 aromatic heterocycles. The van der Waals surface area contributed by atoms with Gasteiger partial charge in [-0.2, -0.15) is 0 Å². The van der Waals surface area contributed by atoms with Crippen LogP contribution in [0, 0.1) is 0 Å². The van der Waals surface area contributed by atoms with Gasteiger partial charge in [-0.1, -0.05) is 42.5 Å². The largest absolute Gasteiger partial charge is 0.464 e. The van der Waals surface area contributed by atoms with Crippen LogP contribution in [0.1, 0.15) is 39.2 Å². The standard InChI is InChI=1S/C20H26O3/c1-4-22-20(21)16(3)23-15(2)8-7-9-17-12-13-18-10-5-6-11-19(18)14-17/h5-6,10-16H,4,7-9H2,1-3H3. The molecule has 0 aliphatic rings. The molecule has 0 bridgehead atoms. The molecule has 0 amide bonds. The van der Waals surface area contributed by atoms with E-state index in [1.54, 1.807) is 13.8 Å². The summed E-state index contributed by atoms with van der Waals surface area (Å²) in [6, 6.07) is 15.0. The molecule has 0 heterocycles. The molecule has 2 rings (SSSR count). The Bertz CT molecular complexity index is 636. The van der Waals surface area contributed by atoms with Gasteiger partial charge >= 0.3 is 5.97 Å². The van der Waals surface area contributed by atoms with Gasteiger partial charge < -0.3 is 9.47 Å². The molecule has 0 aliphatic heterocycles. The van der Waals surface area contributed by atoms with E-state index in [2.05, 4.69) is 42.5 Å². The molecule has 2 aromatic rings. The molecule has 2 atom stereocenters. The highest BCUT2D eigenvalue weighted by atomic mass is 16.6. The molecule has 3 nitrogen and oxygen atoms in total. The van der Waals surface area contributed by atoms with Gasteiger partial charge in [0.25, 0.3) is 0 Å². The van der Waals surface area contributed by atoms with E-state index in [1.807, 2.05) is 6.92 Å². The first-order chi connectivity index (χ1) is 11.1. The summed E-state index contributed by atoms with van der Waals surface area (Å²) in [5, 5.41) is 2.56. The van der Waals surface area contributed by atoms with E-state index in [0.29, 0.717) is 6.61 Å². The molecule has 2 aromatic carbocycles. The van der Waals surface area contributed by atoms with Crippen LogP contribution in [-0.2, 0) is 20.7 Å². The van der Waals surface area contributed by atoms with Gasteiger partial charge in [-0.25, -0.2) is 4.79 Å². The van der Waals surface area contributed by atoms with E-state index in [1.165, 1.54) is 16.3 Å². The molecule has 0 spiro atoms. The van der Waals surface area contributed by atoms with Crippen molar-refractivity contribution in [2.75, 3.05) is 6.61 Å². The van der Waals surface area contributed by atoms with Crippen LogP contribution in [0.4, 0.5) is 0 Å². The quantitative estimate of drug-likeness (QED) is 0.672. The molecule has 0 aliphatic carbocycles. The first kappa shape index (κ1) is 17.5. The molecule has 0 saturated heterocycles. The molecule has 3 heteroatoms. The van der Waals surface area contributed by atoms with Crippen LogP contribution in [0.2, 0.25) is 0 Å². The second-order valence-electron chi connectivity index (χ2n) is 5.91. The second kappa shape index (κ2) is 8.68. The number of fused-ring (bicyclic) bond motifs is 1. The molecule has 0 saturated carbocycles. The summed E-state index contributed by atoms with van der Waals surface area (Å²) in [7, 11) is 0. The van der Waals surface area contributed by atoms with Crippen LogP contribution in [0.3, 0.4) is 0 Å². The van der Waals surface area contributed by atoms with Crippen LogP contribution in [0.5, 0.6) is 0 Å². The zero-order valence-corrected chi connectivity index (χ0v) is 14.2. The summed E-state index contributed by atoms with van der Waals surface area (Å²) >= 11 is 0. The maximum atomic E-state index is 11.6. The molecule has 0 radical (unpaired) electrons. The lowest BCUT2D eigenvalue weighted by Gasteiger charge is -2.18. The summed E-state index contributed by atoms with van der Waals surface area (Å²) in [6.07, 6.45) is 2.54. The summed E-state index contributed by atoms with van der Waals surface area (Å²) in [4.78, 5) is 11.6. The summed E-state index contributed by atoms with van der Waals surface area (Å²) in [5.74, 6) is -0.283. The van der Waals surface area contributed by atoms with Crippen molar-refractivity contribution in [3.05, 3.63) is 48.0 Å². The number of carbonyl (C=O) groups is 1. The van der Waals surface area contributed by atoms with Gasteiger partial charge in [0, 0.05) is 0 Å². The summed E-state index contributed by atoms with van der Waals surface area (Å²) in [5.41, 5.74) is 1.34. The van der Waals surface area contributed by atoms with E-state index in [9.17, 15) is 4.79 Å². The third-order valence-electron chi connectivity index (χ3n) is 3.94.